The maximum absolute atomic E-state index is 11.1. The minimum absolute atomic E-state index is 0.126. The van der Waals surface area contributed by atoms with Gasteiger partial charge in [0.2, 0.25) is 0 Å². The van der Waals surface area contributed by atoms with Crippen LogP contribution in [0.5, 0.6) is 0 Å². The second-order valence-electron chi connectivity index (χ2n) is 6.59. The smallest absolute Gasteiger partial charge is 0.274 e. The number of nitrogens with zero attached hydrogens (tertiary/aromatic N) is 3. The maximum atomic E-state index is 11.1. The van der Waals surface area contributed by atoms with E-state index in [1.807, 2.05) is 0 Å². The fraction of sp³-hybridized carbons (Fsp3) is 0.588. The zero-order valence-electron chi connectivity index (χ0n) is 14.8. The molecule has 0 radical (unpaired) electrons. The molecule has 1 aromatic rings. The number of likely N-dealkylation sites (tertiary alicyclic amines) is 1. The number of guanidine groups is 1. The Bertz CT molecular complexity index is 602. The summed E-state index contributed by atoms with van der Waals surface area (Å²) in [5, 5.41) is 17.7. The summed E-state index contributed by atoms with van der Waals surface area (Å²) in [6.45, 7) is 9.05. The zero-order valence-corrected chi connectivity index (χ0v) is 14.8. The fourth-order valence-corrected chi connectivity index (χ4v) is 3.00. The van der Waals surface area contributed by atoms with E-state index in [0.717, 1.165) is 13.1 Å². The third-order valence-electron chi connectivity index (χ3n) is 4.55. The molecule has 1 fully saturated rings. The monoisotopic (exact) mass is 333 g/mol. The summed E-state index contributed by atoms with van der Waals surface area (Å²) in [7, 11) is 1.72. The number of hydrogen-bond donors (Lipinski definition) is 2. The predicted molar refractivity (Wildman–Crippen MR) is 96.1 cm³/mol. The third kappa shape index (κ3) is 4.44. The molecular weight excluding hydrogens is 306 g/mol. The van der Waals surface area contributed by atoms with Gasteiger partial charge in [-0.25, -0.2) is 0 Å². The van der Waals surface area contributed by atoms with E-state index in [2.05, 4.69) is 41.3 Å². The van der Waals surface area contributed by atoms with Crippen LogP contribution >= 0.6 is 0 Å². The normalized spacial score (nSPS) is 22.0. The lowest BCUT2D eigenvalue weighted by Crippen LogP contribution is -2.46. The number of nitro benzene ring substituents is 1. The molecule has 1 heterocycles. The quantitative estimate of drug-likeness (QED) is 0.373. The number of aliphatic imine (C=N–C) groups is 1. The van der Waals surface area contributed by atoms with E-state index in [1.165, 1.54) is 6.07 Å². The summed E-state index contributed by atoms with van der Waals surface area (Å²) < 4.78 is 0. The highest BCUT2D eigenvalue weighted by molar-refractivity contribution is 5.80. The van der Waals surface area contributed by atoms with Crippen LogP contribution in [0, 0.1) is 16.0 Å². The van der Waals surface area contributed by atoms with Gasteiger partial charge < -0.3 is 10.6 Å². The van der Waals surface area contributed by atoms with Crippen molar-refractivity contribution in [2.45, 2.75) is 39.4 Å². The van der Waals surface area contributed by atoms with Crippen LogP contribution in [-0.4, -0.2) is 48.0 Å². The van der Waals surface area contributed by atoms with Gasteiger partial charge >= 0.3 is 0 Å². The van der Waals surface area contributed by atoms with Crippen LogP contribution in [0.1, 0.15) is 26.3 Å². The zero-order chi connectivity index (χ0) is 17.7. The van der Waals surface area contributed by atoms with E-state index >= 15 is 0 Å². The first-order chi connectivity index (χ1) is 11.4. The number of para-hydroxylation sites is 1. The van der Waals surface area contributed by atoms with Gasteiger partial charge in [-0.15, -0.1) is 0 Å². The van der Waals surface area contributed by atoms with Gasteiger partial charge in [0, 0.05) is 50.4 Å². The van der Waals surface area contributed by atoms with E-state index in [9.17, 15) is 10.1 Å². The standard InChI is InChI=1S/C17H27N5O2/c1-12(2)21-10-13(3)15(11-21)20-17(18-4)19-9-14-7-5-6-8-16(14)22(23)24/h5-8,12-13,15H,9-11H2,1-4H3,(H2,18,19,20). The SMILES string of the molecule is CN=C(NCc1ccccc1[N+](=O)[O-])NC1CN(C(C)C)CC1C. The Labute approximate surface area is 143 Å². The van der Waals surface area contributed by atoms with Crippen LogP contribution in [0.4, 0.5) is 5.69 Å². The lowest BCUT2D eigenvalue weighted by Gasteiger charge is -2.22. The highest BCUT2D eigenvalue weighted by atomic mass is 16.6. The highest BCUT2D eigenvalue weighted by Crippen LogP contribution is 2.19. The molecule has 1 aliphatic heterocycles. The van der Waals surface area contributed by atoms with Crippen LogP contribution in [0.2, 0.25) is 0 Å². The van der Waals surface area contributed by atoms with E-state index < -0.39 is 0 Å². The molecule has 0 bridgehead atoms. The highest BCUT2D eigenvalue weighted by Gasteiger charge is 2.31. The molecule has 132 valence electrons. The fourth-order valence-electron chi connectivity index (χ4n) is 3.00. The van der Waals surface area contributed by atoms with Gasteiger partial charge in [0.05, 0.1) is 4.92 Å². The van der Waals surface area contributed by atoms with Crippen molar-refractivity contribution in [3.8, 4) is 0 Å². The largest absolute Gasteiger partial charge is 0.352 e. The Morgan fingerprint density at radius 3 is 2.71 bits per heavy atom. The molecule has 1 saturated heterocycles. The Morgan fingerprint density at radius 1 is 1.42 bits per heavy atom. The molecule has 2 unspecified atom stereocenters. The Kier molecular flexibility index (Phi) is 6.14. The number of nitro groups is 1. The average Bonchev–Trinajstić information content (AvgIpc) is 2.92. The van der Waals surface area contributed by atoms with Crippen molar-refractivity contribution in [2.75, 3.05) is 20.1 Å². The number of hydrogen-bond acceptors (Lipinski definition) is 4. The summed E-state index contributed by atoms with van der Waals surface area (Å²) in [6.07, 6.45) is 0. The van der Waals surface area contributed by atoms with Crippen molar-refractivity contribution in [2.24, 2.45) is 10.9 Å². The van der Waals surface area contributed by atoms with Crippen molar-refractivity contribution in [1.29, 1.82) is 0 Å². The molecule has 1 aliphatic rings. The first kappa shape index (κ1) is 18.2. The van der Waals surface area contributed by atoms with Gasteiger partial charge in [-0.2, -0.15) is 0 Å². The predicted octanol–water partition coefficient (Wildman–Crippen LogP) is 1.99. The van der Waals surface area contributed by atoms with Crippen LogP contribution in [0.15, 0.2) is 29.3 Å². The summed E-state index contributed by atoms with van der Waals surface area (Å²) in [4.78, 5) is 17.4. The second-order valence-corrected chi connectivity index (χ2v) is 6.59. The topological polar surface area (TPSA) is 82.8 Å². The molecule has 7 heteroatoms. The Morgan fingerprint density at radius 2 is 2.12 bits per heavy atom. The van der Waals surface area contributed by atoms with Crippen LogP contribution in [0.3, 0.4) is 0 Å². The Hall–Kier alpha value is -2.15. The first-order valence-corrected chi connectivity index (χ1v) is 8.36. The van der Waals surface area contributed by atoms with E-state index in [0.29, 0.717) is 36.1 Å². The molecule has 0 saturated carbocycles. The van der Waals surface area contributed by atoms with Crippen LogP contribution < -0.4 is 10.6 Å². The van der Waals surface area contributed by atoms with Gasteiger partial charge in [0.15, 0.2) is 5.96 Å². The maximum Gasteiger partial charge on any atom is 0.274 e. The molecule has 7 nitrogen and oxygen atoms in total. The van der Waals surface area contributed by atoms with Crippen LogP contribution in [-0.2, 0) is 6.54 Å². The van der Waals surface area contributed by atoms with E-state index in [1.54, 1.807) is 25.2 Å². The summed E-state index contributed by atoms with van der Waals surface area (Å²) in [5.74, 6) is 1.20. The minimum Gasteiger partial charge on any atom is -0.352 e. The summed E-state index contributed by atoms with van der Waals surface area (Å²) in [5.41, 5.74) is 0.773. The molecule has 2 N–H and O–H groups in total. The summed E-state index contributed by atoms with van der Waals surface area (Å²) in [6, 6.07) is 7.62. The van der Waals surface area contributed by atoms with Gasteiger partial charge in [-0.05, 0) is 19.8 Å². The van der Waals surface area contributed by atoms with Gasteiger partial charge in [-0.1, -0.05) is 25.1 Å². The molecule has 0 aromatic heterocycles. The van der Waals surface area contributed by atoms with E-state index in [-0.39, 0.29) is 10.6 Å². The minimum atomic E-state index is -0.354. The number of nitrogens with one attached hydrogen (secondary N) is 2. The first-order valence-electron chi connectivity index (χ1n) is 8.36. The van der Waals surface area contributed by atoms with Crippen molar-refractivity contribution >= 4 is 11.6 Å². The molecule has 24 heavy (non-hydrogen) atoms. The second kappa shape index (κ2) is 8.10. The number of benzene rings is 1. The lowest BCUT2D eigenvalue weighted by molar-refractivity contribution is -0.385. The molecule has 0 aliphatic carbocycles. The molecule has 2 atom stereocenters. The van der Waals surface area contributed by atoms with Crippen molar-refractivity contribution in [3.05, 3.63) is 39.9 Å². The summed E-state index contributed by atoms with van der Waals surface area (Å²) >= 11 is 0. The van der Waals surface area contributed by atoms with Crippen molar-refractivity contribution in [1.82, 2.24) is 15.5 Å². The molecule has 0 spiro atoms. The van der Waals surface area contributed by atoms with Crippen molar-refractivity contribution in [3.63, 3.8) is 0 Å². The van der Waals surface area contributed by atoms with Crippen molar-refractivity contribution < 1.29 is 4.92 Å². The van der Waals surface area contributed by atoms with E-state index in [4.69, 9.17) is 0 Å². The molecule has 1 aromatic carbocycles. The number of rotatable bonds is 5. The lowest BCUT2D eigenvalue weighted by atomic mass is 10.1. The van der Waals surface area contributed by atoms with Gasteiger partial charge in [-0.3, -0.25) is 20.0 Å². The molecule has 0 amide bonds. The average molecular weight is 333 g/mol. The van der Waals surface area contributed by atoms with Gasteiger partial charge in [0.1, 0.15) is 0 Å². The Balaban J connectivity index is 1.96. The van der Waals surface area contributed by atoms with Crippen LogP contribution in [0.25, 0.3) is 0 Å². The third-order valence-corrected chi connectivity index (χ3v) is 4.55. The molecule has 2 rings (SSSR count). The molecular formula is C17H27N5O2. The van der Waals surface area contributed by atoms with Gasteiger partial charge in [0.25, 0.3) is 5.69 Å².